The summed E-state index contributed by atoms with van der Waals surface area (Å²) in [4.78, 5) is 4.56. The third kappa shape index (κ3) is 2.20. The van der Waals surface area contributed by atoms with Gasteiger partial charge in [-0.25, -0.2) is 15.8 Å². The zero-order chi connectivity index (χ0) is 11.4. The molecule has 0 bridgehead atoms. The van der Waals surface area contributed by atoms with E-state index in [1.807, 2.05) is 0 Å². The van der Waals surface area contributed by atoms with E-state index >= 15 is 0 Å². The summed E-state index contributed by atoms with van der Waals surface area (Å²) in [6.07, 6.45) is 1.01. The molecule has 2 rings (SSSR count). The van der Waals surface area contributed by atoms with Crippen LogP contribution in [0.4, 0.5) is 0 Å². The van der Waals surface area contributed by atoms with E-state index in [-0.39, 0.29) is 0 Å². The van der Waals surface area contributed by atoms with Gasteiger partial charge in [0.05, 0.1) is 32.8 Å². The molecule has 1 saturated heterocycles. The number of hydrogen-bond acceptors (Lipinski definition) is 5. The van der Waals surface area contributed by atoms with E-state index < -0.39 is 0 Å². The number of quaternary nitrogens is 1. The molecule has 0 aromatic carbocycles. The molecule has 0 aliphatic carbocycles. The van der Waals surface area contributed by atoms with E-state index in [0.717, 1.165) is 69.3 Å². The van der Waals surface area contributed by atoms with Crippen LogP contribution in [0.2, 0.25) is 0 Å². The van der Waals surface area contributed by atoms with Gasteiger partial charge in [-0.2, -0.15) is 0 Å². The average Bonchev–Trinajstić information content (AvgIpc) is 2.75. The number of aliphatic imine (C=N–C) groups is 1. The Balaban J connectivity index is 2.12. The van der Waals surface area contributed by atoms with Gasteiger partial charge in [0.25, 0.3) is 0 Å². The summed E-state index contributed by atoms with van der Waals surface area (Å²) in [5.41, 5.74) is 5.61. The van der Waals surface area contributed by atoms with E-state index in [9.17, 15) is 0 Å². The fourth-order valence-corrected chi connectivity index (χ4v) is 2.48. The largest absolute Gasteiger partial charge is 0.370 e. The summed E-state index contributed by atoms with van der Waals surface area (Å²) in [7, 11) is 0. The predicted octanol–water partition coefficient (Wildman–Crippen LogP) is -1.27. The molecule has 1 fully saturated rings. The van der Waals surface area contributed by atoms with Crippen molar-refractivity contribution < 1.29 is 9.22 Å². The molecule has 92 valence electrons. The van der Waals surface area contributed by atoms with Gasteiger partial charge in [0, 0.05) is 6.42 Å². The SMILES string of the molecule is NCCC[N+]1(C2=NCCN2N)CCOCC1. The molecule has 6 nitrogen and oxygen atoms in total. The number of hydrazine groups is 1. The van der Waals surface area contributed by atoms with Crippen molar-refractivity contribution in [1.29, 1.82) is 0 Å². The molecule has 2 aliphatic heterocycles. The van der Waals surface area contributed by atoms with Gasteiger partial charge >= 0.3 is 5.96 Å². The second kappa shape index (κ2) is 5.09. The first-order valence-corrected chi connectivity index (χ1v) is 6.00. The quantitative estimate of drug-likeness (QED) is 0.466. The summed E-state index contributed by atoms with van der Waals surface area (Å²) < 4.78 is 6.29. The summed E-state index contributed by atoms with van der Waals surface area (Å²) in [5, 5.41) is 1.79. The summed E-state index contributed by atoms with van der Waals surface area (Å²) >= 11 is 0. The van der Waals surface area contributed by atoms with Crippen LogP contribution in [-0.2, 0) is 4.74 Å². The molecule has 0 atom stereocenters. The van der Waals surface area contributed by atoms with E-state index in [2.05, 4.69) is 4.99 Å². The molecule has 0 unspecified atom stereocenters. The molecule has 0 amide bonds. The summed E-state index contributed by atoms with van der Waals surface area (Å²) in [6, 6.07) is 0. The van der Waals surface area contributed by atoms with Crippen molar-refractivity contribution in [3.05, 3.63) is 0 Å². The fourth-order valence-electron chi connectivity index (χ4n) is 2.48. The number of ether oxygens (including phenoxy) is 1. The van der Waals surface area contributed by atoms with Crippen molar-refractivity contribution in [1.82, 2.24) is 5.01 Å². The lowest BCUT2D eigenvalue weighted by molar-refractivity contribution is -0.855. The minimum Gasteiger partial charge on any atom is -0.370 e. The molecule has 2 aliphatic rings. The lowest BCUT2D eigenvalue weighted by atomic mass is 10.2. The Kier molecular flexibility index (Phi) is 3.75. The van der Waals surface area contributed by atoms with Crippen molar-refractivity contribution in [2.75, 3.05) is 52.5 Å². The van der Waals surface area contributed by atoms with E-state index in [4.69, 9.17) is 16.3 Å². The standard InChI is InChI=1S/C10H22N5O/c11-2-1-5-15(6-8-16-9-7-15)10-13-3-4-14(10)12/h1-9,11-12H2/q+1. The van der Waals surface area contributed by atoms with E-state index in [1.54, 1.807) is 5.01 Å². The number of guanidine groups is 1. The highest BCUT2D eigenvalue weighted by atomic mass is 16.5. The Bertz CT molecular complexity index is 262. The molecule has 0 radical (unpaired) electrons. The third-order valence-electron chi connectivity index (χ3n) is 3.39. The predicted molar refractivity (Wildman–Crippen MR) is 62.5 cm³/mol. The number of morpholine rings is 1. The van der Waals surface area contributed by atoms with Crippen LogP contribution in [0.3, 0.4) is 0 Å². The topological polar surface area (TPSA) is 76.9 Å². The highest BCUT2D eigenvalue weighted by Gasteiger charge is 2.40. The van der Waals surface area contributed by atoms with Crippen LogP contribution < -0.4 is 11.6 Å². The molecule has 6 heteroatoms. The normalized spacial score (nSPS) is 24.6. The number of nitrogens with two attached hydrogens (primary N) is 2. The minimum absolute atomic E-state index is 0.721. The van der Waals surface area contributed by atoms with E-state index in [1.165, 1.54) is 0 Å². The number of hydrogen-bond donors (Lipinski definition) is 2. The Labute approximate surface area is 96.4 Å². The zero-order valence-corrected chi connectivity index (χ0v) is 9.77. The molecule has 0 aromatic rings. The molecule has 0 spiro atoms. The lowest BCUT2D eigenvalue weighted by Gasteiger charge is -2.41. The zero-order valence-electron chi connectivity index (χ0n) is 9.77. The first-order chi connectivity index (χ1) is 7.78. The van der Waals surface area contributed by atoms with Crippen molar-refractivity contribution >= 4 is 5.96 Å². The molecule has 16 heavy (non-hydrogen) atoms. The number of rotatable bonds is 3. The van der Waals surface area contributed by atoms with Crippen LogP contribution in [0.5, 0.6) is 0 Å². The summed E-state index contributed by atoms with van der Waals surface area (Å²) in [6.45, 7) is 6.90. The van der Waals surface area contributed by atoms with Gasteiger partial charge in [0.1, 0.15) is 13.1 Å². The maximum absolute atomic E-state index is 5.98. The molecular weight excluding hydrogens is 206 g/mol. The van der Waals surface area contributed by atoms with Crippen LogP contribution >= 0.6 is 0 Å². The highest BCUT2D eigenvalue weighted by molar-refractivity contribution is 5.74. The van der Waals surface area contributed by atoms with Gasteiger partial charge in [0.2, 0.25) is 0 Å². The third-order valence-corrected chi connectivity index (χ3v) is 3.39. The first kappa shape index (κ1) is 11.8. The molecule has 0 aromatic heterocycles. The average molecular weight is 228 g/mol. The van der Waals surface area contributed by atoms with Gasteiger partial charge in [-0.15, -0.1) is 0 Å². The van der Waals surface area contributed by atoms with Gasteiger partial charge in [0.15, 0.2) is 0 Å². The van der Waals surface area contributed by atoms with Gasteiger partial charge in [-0.3, -0.25) is 4.48 Å². The van der Waals surface area contributed by atoms with Crippen molar-refractivity contribution in [2.45, 2.75) is 6.42 Å². The van der Waals surface area contributed by atoms with Crippen LogP contribution in [0.1, 0.15) is 6.42 Å². The second-order valence-corrected chi connectivity index (χ2v) is 4.45. The molecule has 4 N–H and O–H groups in total. The van der Waals surface area contributed by atoms with Crippen LogP contribution in [0.15, 0.2) is 4.99 Å². The van der Waals surface area contributed by atoms with Crippen LogP contribution in [0.25, 0.3) is 0 Å². The van der Waals surface area contributed by atoms with Gasteiger partial charge in [-0.1, -0.05) is 0 Å². The fraction of sp³-hybridized carbons (Fsp3) is 0.900. The van der Waals surface area contributed by atoms with Crippen molar-refractivity contribution in [2.24, 2.45) is 16.6 Å². The highest BCUT2D eigenvalue weighted by Crippen LogP contribution is 2.17. The van der Waals surface area contributed by atoms with E-state index in [0.29, 0.717) is 0 Å². The minimum atomic E-state index is 0.721. The lowest BCUT2D eigenvalue weighted by Crippen LogP contribution is -2.64. The Morgan fingerprint density at radius 2 is 2.12 bits per heavy atom. The smallest absolute Gasteiger partial charge is 0.314 e. The Morgan fingerprint density at radius 3 is 2.69 bits per heavy atom. The summed E-state index contributed by atoms with van der Waals surface area (Å²) in [5.74, 6) is 7.01. The van der Waals surface area contributed by atoms with Crippen molar-refractivity contribution in [3.8, 4) is 0 Å². The molecule has 2 heterocycles. The van der Waals surface area contributed by atoms with Crippen LogP contribution in [0, 0.1) is 0 Å². The maximum atomic E-state index is 5.98. The van der Waals surface area contributed by atoms with Gasteiger partial charge in [-0.05, 0) is 6.54 Å². The monoisotopic (exact) mass is 228 g/mol. The number of nitrogens with zero attached hydrogens (tertiary/aromatic N) is 3. The maximum Gasteiger partial charge on any atom is 0.314 e. The molecule has 0 saturated carbocycles. The Hall–Kier alpha value is -0.690. The first-order valence-electron chi connectivity index (χ1n) is 6.00. The molecular formula is C10H22N5O+. The van der Waals surface area contributed by atoms with Gasteiger partial charge < -0.3 is 10.5 Å². The second-order valence-electron chi connectivity index (χ2n) is 4.45. The Morgan fingerprint density at radius 1 is 1.38 bits per heavy atom. The van der Waals surface area contributed by atoms with Crippen molar-refractivity contribution in [3.63, 3.8) is 0 Å². The van der Waals surface area contributed by atoms with Crippen LogP contribution in [-0.4, -0.2) is 67.9 Å².